The van der Waals surface area contributed by atoms with Crippen LogP contribution in [0.15, 0.2) is 48.5 Å². The second-order valence-corrected chi connectivity index (χ2v) is 7.19. The van der Waals surface area contributed by atoms with E-state index in [4.69, 9.17) is 23.2 Å². The fourth-order valence-corrected chi connectivity index (χ4v) is 3.45. The van der Waals surface area contributed by atoms with Crippen LogP contribution in [0.5, 0.6) is 0 Å². The van der Waals surface area contributed by atoms with E-state index in [1.807, 2.05) is 54.9 Å². The summed E-state index contributed by atoms with van der Waals surface area (Å²) in [6.45, 7) is 3.95. The lowest BCUT2D eigenvalue weighted by atomic mass is 10.0. The highest BCUT2D eigenvalue weighted by atomic mass is 35.5. The third-order valence-corrected chi connectivity index (χ3v) is 5.10. The van der Waals surface area contributed by atoms with Crippen LogP contribution in [0.3, 0.4) is 0 Å². The molecule has 0 bridgehead atoms. The summed E-state index contributed by atoms with van der Waals surface area (Å²) in [5.41, 5.74) is 4.79. The zero-order valence-corrected chi connectivity index (χ0v) is 16.3. The second kappa shape index (κ2) is 8.07. The molecule has 0 N–H and O–H groups in total. The van der Waals surface area contributed by atoms with E-state index in [1.165, 1.54) is 0 Å². The summed E-state index contributed by atoms with van der Waals surface area (Å²) in [4.78, 5) is 12.5. The van der Waals surface area contributed by atoms with Gasteiger partial charge in [-0.05, 0) is 56.2 Å². The molecule has 0 amide bonds. The van der Waals surface area contributed by atoms with Crippen molar-refractivity contribution >= 4 is 29.0 Å². The molecule has 3 aromatic rings. The molecule has 0 aliphatic carbocycles. The molecule has 5 heteroatoms. The van der Waals surface area contributed by atoms with Crippen LogP contribution in [-0.2, 0) is 17.6 Å². The van der Waals surface area contributed by atoms with Crippen molar-refractivity contribution < 1.29 is 4.79 Å². The van der Waals surface area contributed by atoms with E-state index in [2.05, 4.69) is 5.10 Å². The van der Waals surface area contributed by atoms with Gasteiger partial charge in [-0.15, -0.1) is 0 Å². The average molecular weight is 387 g/mol. The number of halogens is 2. The fourth-order valence-electron chi connectivity index (χ4n) is 3.05. The molecule has 2 aromatic carbocycles. The molecule has 1 heterocycles. The Morgan fingerprint density at radius 1 is 1.08 bits per heavy atom. The molecule has 0 aliphatic heterocycles. The molecule has 0 saturated carbocycles. The predicted molar refractivity (Wildman–Crippen MR) is 107 cm³/mol. The van der Waals surface area contributed by atoms with E-state index in [9.17, 15) is 4.79 Å². The molecule has 0 atom stereocenters. The Morgan fingerprint density at radius 3 is 2.54 bits per heavy atom. The monoisotopic (exact) mass is 386 g/mol. The Hall–Kier alpha value is -2.10. The maximum atomic E-state index is 12.5. The molecule has 3 nitrogen and oxygen atoms in total. The lowest BCUT2D eigenvalue weighted by Gasteiger charge is -2.06. The number of carbonyl (C=O) groups excluding carboxylic acids is 1. The number of benzene rings is 2. The zero-order valence-electron chi connectivity index (χ0n) is 14.8. The minimum atomic E-state index is 0.167. The number of nitrogens with zero attached hydrogens (tertiary/aromatic N) is 2. The molecule has 26 heavy (non-hydrogen) atoms. The number of carbonyl (C=O) groups is 1. The molecule has 0 unspecified atom stereocenters. The highest BCUT2D eigenvalue weighted by molar-refractivity contribution is 6.33. The van der Waals surface area contributed by atoms with Crippen LogP contribution in [0.25, 0.3) is 5.69 Å². The van der Waals surface area contributed by atoms with Crippen LogP contribution < -0.4 is 0 Å². The number of aryl methyl sites for hydroxylation is 2. The summed E-state index contributed by atoms with van der Waals surface area (Å²) in [6, 6.07) is 15.3. The van der Waals surface area contributed by atoms with Gasteiger partial charge in [0.05, 0.1) is 11.4 Å². The van der Waals surface area contributed by atoms with Gasteiger partial charge in [-0.25, -0.2) is 4.68 Å². The topological polar surface area (TPSA) is 34.9 Å². The molecule has 0 fully saturated rings. The number of ketones is 1. The number of Topliss-reactive ketones (excluding diaryl/α,β-unsaturated/α-hetero) is 1. The lowest BCUT2D eigenvalue weighted by Crippen LogP contribution is -2.07. The number of hydrogen-bond acceptors (Lipinski definition) is 2. The SMILES string of the molecule is Cc1nn(-c2ccccc2)c(C)c1CC(=O)CCc1cc(Cl)ccc1Cl. The molecular weight excluding hydrogens is 367 g/mol. The largest absolute Gasteiger partial charge is 0.299 e. The molecule has 0 spiro atoms. The van der Waals surface area contributed by atoms with E-state index in [-0.39, 0.29) is 5.78 Å². The summed E-state index contributed by atoms with van der Waals surface area (Å²) in [6.07, 6.45) is 1.39. The lowest BCUT2D eigenvalue weighted by molar-refractivity contribution is -0.118. The van der Waals surface area contributed by atoms with Crippen molar-refractivity contribution in [1.82, 2.24) is 9.78 Å². The molecule has 3 rings (SSSR count). The van der Waals surface area contributed by atoms with Crippen molar-refractivity contribution in [1.29, 1.82) is 0 Å². The predicted octanol–water partition coefficient (Wildman–Crippen LogP) is 5.54. The van der Waals surface area contributed by atoms with Crippen LogP contribution in [0, 0.1) is 13.8 Å². The third-order valence-electron chi connectivity index (χ3n) is 4.50. The summed E-state index contributed by atoms with van der Waals surface area (Å²) >= 11 is 12.2. The van der Waals surface area contributed by atoms with E-state index in [0.29, 0.717) is 29.3 Å². The summed E-state index contributed by atoms with van der Waals surface area (Å²) in [7, 11) is 0. The first-order valence-electron chi connectivity index (χ1n) is 8.52. The van der Waals surface area contributed by atoms with Crippen molar-refractivity contribution in [2.75, 3.05) is 0 Å². The van der Waals surface area contributed by atoms with E-state index >= 15 is 0 Å². The van der Waals surface area contributed by atoms with E-state index in [0.717, 1.165) is 28.2 Å². The maximum Gasteiger partial charge on any atom is 0.137 e. The molecule has 0 saturated heterocycles. The Kier molecular flexibility index (Phi) is 5.80. The summed E-state index contributed by atoms with van der Waals surface area (Å²) in [5.74, 6) is 0.167. The first-order valence-corrected chi connectivity index (χ1v) is 9.27. The number of rotatable bonds is 6. The quantitative estimate of drug-likeness (QED) is 0.557. The number of para-hydroxylation sites is 1. The van der Waals surface area contributed by atoms with Crippen molar-refractivity contribution in [2.24, 2.45) is 0 Å². The first kappa shape index (κ1) is 18.7. The van der Waals surface area contributed by atoms with Gasteiger partial charge in [0, 0.05) is 34.1 Å². The van der Waals surface area contributed by atoms with Gasteiger partial charge in [0.25, 0.3) is 0 Å². The van der Waals surface area contributed by atoms with Crippen molar-refractivity contribution in [2.45, 2.75) is 33.1 Å². The average Bonchev–Trinajstić information content (AvgIpc) is 2.91. The van der Waals surface area contributed by atoms with Gasteiger partial charge in [-0.1, -0.05) is 41.4 Å². The summed E-state index contributed by atoms with van der Waals surface area (Å²) in [5, 5.41) is 5.88. The van der Waals surface area contributed by atoms with Crippen LogP contribution in [0.2, 0.25) is 10.0 Å². The van der Waals surface area contributed by atoms with Crippen molar-refractivity contribution in [3.63, 3.8) is 0 Å². The van der Waals surface area contributed by atoms with Crippen LogP contribution >= 0.6 is 23.2 Å². The van der Waals surface area contributed by atoms with Crippen molar-refractivity contribution in [3.8, 4) is 5.69 Å². The maximum absolute atomic E-state index is 12.5. The summed E-state index contributed by atoms with van der Waals surface area (Å²) < 4.78 is 1.89. The normalized spacial score (nSPS) is 10.9. The van der Waals surface area contributed by atoms with Gasteiger partial charge >= 0.3 is 0 Å². The van der Waals surface area contributed by atoms with Crippen LogP contribution in [0.1, 0.15) is 28.9 Å². The third kappa shape index (κ3) is 4.17. The standard InChI is InChI=1S/C21H20Cl2N2O/c1-14-20(15(2)25(24-14)18-6-4-3-5-7-18)13-19(26)10-8-16-12-17(22)9-11-21(16)23/h3-7,9,11-12H,8,10,13H2,1-2H3. The van der Waals surface area contributed by atoms with Crippen molar-refractivity contribution in [3.05, 3.63) is 81.1 Å². The molecule has 0 aliphatic rings. The minimum Gasteiger partial charge on any atom is -0.299 e. The van der Waals surface area contributed by atoms with Gasteiger partial charge in [0.2, 0.25) is 0 Å². The van der Waals surface area contributed by atoms with Crippen LogP contribution in [0.4, 0.5) is 0 Å². The van der Waals surface area contributed by atoms with Gasteiger partial charge in [-0.3, -0.25) is 4.79 Å². The number of hydrogen-bond donors (Lipinski definition) is 0. The highest BCUT2D eigenvalue weighted by Crippen LogP contribution is 2.23. The minimum absolute atomic E-state index is 0.167. The Bertz CT molecular complexity index is 933. The highest BCUT2D eigenvalue weighted by Gasteiger charge is 2.16. The van der Waals surface area contributed by atoms with Crippen LogP contribution in [-0.4, -0.2) is 15.6 Å². The smallest absolute Gasteiger partial charge is 0.137 e. The number of aromatic nitrogens is 2. The second-order valence-electron chi connectivity index (χ2n) is 6.35. The fraction of sp³-hybridized carbons (Fsp3) is 0.238. The first-order chi connectivity index (χ1) is 12.5. The Balaban J connectivity index is 1.72. The van der Waals surface area contributed by atoms with Gasteiger partial charge in [0.15, 0.2) is 0 Å². The molecule has 1 aromatic heterocycles. The molecular formula is C21H20Cl2N2O. The molecule has 0 radical (unpaired) electrons. The van der Waals surface area contributed by atoms with E-state index in [1.54, 1.807) is 12.1 Å². The van der Waals surface area contributed by atoms with Gasteiger partial charge in [-0.2, -0.15) is 5.10 Å². The zero-order chi connectivity index (χ0) is 18.7. The van der Waals surface area contributed by atoms with Gasteiger partial charge in [0.1, 0.15) is 5.78 Å². The molecule has 134 valence electrons. The van der Waals surface area contributed by atoms with E-state index < -0.39 is 0 Å². The Labute approximate surface area is 163 Å². The Morgan fingerprint density at radius 2 is 1.81 bits per heavy atom. The van der Waals surface area contributed by atoms with Gasteiger partial charge < -0.3 is 0 Å².